The molecule has 0 rings (SSSR count). The van der Waals surface area contributed by atoms with E-state index >= 15 is 0 Å². The van der Waals surface area contributed by atoms with Crippen LogP contribution in [0.4, 0.5) is 0 Å². The van der Waals surface area contributed by atoms with Gasteiger partial charge < -0.3 is 10.1 Å². The maximum absolute atomic E-state index is 8.23. The molecule has 52 valence electrons. The molecule has 3 nitrogen and oxygen atoms in total. The number of thiocarbonyl (C=S) groups is 1. The number of hydrogen-bond acceptors (Lipinski definition) is 3. The standard InChI is InChI=1S/C5H10N2OS/c1-4(6-8)5(9)7(2)3/h8H,1-3H3/b6-4-. The van der Waals surface area contributed by atoms with Crippen molar-refractivity contribution in [3.05, 3.63) is 0 Å². The molecule has 0 aliphatic rings. The largest absolute Gasteiger partial charge is 0.411 e. The first-order valence-corrected chi connectivity index (χ1v) is 2.90. The molecule has 4 heteroatoms. The lowest BCUT2D eigenvalue weighted by Crippen LogP contribution is -2.26. The highest BCUT2D eigenvalue weighted by Crippen LogP contribution is 1.86. The molecule has 1 N–H and O–H groups in total. The number of hydrogen-bond donors (Lipinski definition) is 1. The summed E-state index contributed by atoms with van der Waals surface area (Å²) in [5.74, 6) is 0. The van der Waals surface area contributed by atoms with Gasteiger partial charge in [-0.1, -0.05) is 17.4 Å². The predicted molar refractivity (Wildman–Crippen MR) is 41.2 cm³/mol. The Balaban J connectivity index is 4.06. The van der Waals surface area contributed by atoms with Gasteiger partial charge in [-0.3, -0.25) is 0 Å². The Kier molecular flexibility index (Phi) is 3.16. The average Bonchev–Trinajstić information content (AvgIpc) is 1.84. The molecule has 9 heavy (non-hydrogen) atoms. The van der Waals surface area contributed by atoms with E-state index in [0.717, 1.165) is 0 Å². The van der Waals surface area contributed by atoms with Gasteiger partial charge in [0.15, 0.2) is 0 Å². The van der Waals surface area contributed by atoms with Gasteiger partial charge in [0, 0.05) is 14.1 Å². The smallest absolute Gasteiger partial charge is 0.126 e. The second-order valence-corrected chi connectivity index (χ2v) is 2.27. The van der Waals surface area contributed by atoms with Gasteiger partial charge in [-0.15, -0.1) is 0 Å². The number of oxime groups is 1. The number of nitrogens with zero attached hydrogens (tertiary/aromatic N) is 2. The lowest BCUT2D eigenvalue weighted by molar-refractivity contribution is 0.319. The molecular weight excluding hydrogens is 136 g/mol. The molecule has 0 aromatic rings. The molecule has 0 unspecified atom stereocenters. The Morgan fingerprint density at radius 3 is 2.11 bits per heavy atom. The predicted octanol–water partition coefficient (Wildman–Crippen LogP) is 0.726. The highest BCUT2D eigenvalue weighted by Gasteiger charge is 2.01. The van der Waals surface area contributed by atoms with Crippen molar-refractivity contribution in [2.45, 2.75) is 6.92 Å². The summed E-state index contributed by atoms with van der Waals surface area (Å²) in [7, 11) is 3.61. The van der Waals surface area contributed by atoms with Crippen LogP contribution in [0.5, 0.6) is 0 Å². The minimum absolute atomic E-state index is 0.468. The van der Waals surface area contributed by atoms with Crippen LogP contribution in [-0.4, -0.2) is 34.9 Å². The Morgan fingerprint density at radius 2 is 2.00 bits per heavy atom. The molecule has 0 radical (unpaired) electrons. The van der Waals surface area contributed by atoms with Crippen LogP contribution in [0, 0.1) is 0 Å². The van der Waals surface area contributed by atoms with Crippen molar-refractivity contribution in [2.24, 2.45) is 5.16 Å². The van der Waals surface area contributed by atoms with Crippen molar-refractivity contribution in [2.75, 3.05) is 14.1 Å². The quantitative estimate of drug-likeness (QED) is 0.256. The monoisotopic (exact) mass is 146 g/mol. The first-order valence-electron chi connectivity index (χ1n) is 2.50. The summed E-state index contributed by atoms with van der Waals surface area (Å²) in [6, 6.07) is 0. The summed E-state index contributed by atoms with van der Waals surface area (Å²) in [4.78, 5) is 2.27. The molecule has 0 heterocycles. The van der Waals surface area contributed by atoms with Gasteiger partial charge in [0.1, 0.15) is 10.7 Å². The normalized spacial score (nSPS) is 11.2. The number of rotatable bonds is 1. The molecule has 0 bridgehead atoms. The Labute approximate surface area is 60.0 Å². The minimum atomic E-state index is 0.468. The first-order chi connectivity index (χ1) is 4.09. The minimum Gasteiger partial charge on any atom is -0.411 e. The van der Waals surface area contributed by atoms with Gasteiger partial charge in [-0.25, -0.2) is 0 Å². The Hall–Kier alpha value is -0.640. The van der Waals surface area contributed by atoms with Crippen molar-refractivity contribution < 1.29 is 5.21 Å². The fourth-order valence-corrected chi connectivity index (χ4v) is 0.407. The third-order valence-electron chi connectivity index (χ3n) is 0.866. The Bertz CT molecular complexity index is 142. The van der Waals surface area contributed by atoms with Crippen LogP contribution in [0.2, 0.25) is 0 Å². The molecule has 0 aromatic heterocycles. The summed E-state index contributed by atoms with van der Waals surface area (Å²) in [5, 5.41) is 11.2. The van der Waals surface area contributed by atoms with Gasteiger partial charge in [-0.05, 0) is 6.92 Å². The molecule has 0 aliphatic carbocycles. The summed E-state index contributed by atoms with van der Waals surface area (Å²) in [5.41, 5.74) is 0.468. The fourth-order valence-electron chi connectivity index (χ4n) is 0.366. The summed E-state index contributed by atoms with van der Waals surface area (Å²) in [6.07, 6.45) is 0. The van der Waals surface area contributed by atoms with Crippen molar-refractivity contribution >= 4 is 22.9 Å². The van der Waals surface area contributed by atoms with E-state index in [1.807, 2.05) is 0 Å². The van der Waals surface area contributed by atoms with E-state index in [0.29, 0.717) is 10.7 Å². The summed E-state index contributed by atoms with van der Waals surface area (Å²) in [6.45, 7) is 1.66. The second kappa shape index (κ2) is 3.40. The van der Waals surface area contributed by atoms with E-state index in [2.05, 4.69) is 5.16 Å². The summed E-state index contributed by atoms with van der Waals surface area (Å²) >= 11 is 4.83. The molecule has 0 spiro atoms. The lowest BCUT2D eigenvalue weighted by Gasteiger charge is -2.10. The van der Waals surface area contributed by atoms with Crippen LogP contribution >= 0.6 is 12.2 Å². The molecule has 0 aliphatic heterocycles. The highest BCUT2D eigenvalue weighted by atomic mass is 32.1. The van der Waals surface area contributed by atoms with E-state index in [1.54, 1.807) is 25.9 Å². The van der Waals surface area contributed by atoms with E-state index in [4.69, 9.17) is 17.4 Å². The van der Waals surface area contributed by atoms with Crippen LogP contribution < -0.4 is 0 Å². The van der Waals surface area contributed by atoms with Crippen LogP contribution in [0.15, 0.2) is 5.16 Å². The molecular formula is C5H10N2OS. The topological polar surface area (TPSA) is 35.8 Å². The van der Waals surface area contributed by atoms with Crippen molar-refractivity contribution in [3.8, 4) is 0 Å². The Morgan fingerprint density at radius 1 is 1.56 bits per heavy atom. The average molecular weight is 146 g/mol. The zero-order valence-electron chi connectivity index (χ0n) is 5.75. The van der Waals surface area contributed by atoms with Crippen molar-refractivity contribution in [1.82, 2.24) is 4.90 Å². The van der Waals surface area contributed by atoms with Crippen molar-refractivity contribution in [1.29, 1.82) is 0 Å². The maximum Gasteiger partial charge on any atom is 0.126 e. The zero-order chi connectivity index (χ0) is 7.44. The molecule has 0 saturated heterocycles. The third-order valence-corrected chi connectivity index (χ3v) is 1.53. The molecule has 0 fully saturated rings. The molecule has 0 aromatic carbocycles. The van der Waals surface area contributed by atoms with E-state index < -0.39 is 0 Å². The second-order valence-electron chi connectivity index (χ2n) is 1.88. The highest BCUT2D eigenvalue weighted by molar-refractivity contribution is 7.82. The molecule has 0 atom stereocenters. The van der Waals surface area contributed by atoms with Crippen molar-refractivity contribution in [3.63, 3.8) is 0 Å². The van der Waals surface area contributed by atoms with Gasteiger partial charge >= 0.3 is 0 Å². The van der Waals surface area contributed by atoms with Crippen LogP contribution in [-0.2, 0) is 0 Å². The van der Waals surface area contributed by atoms with Crippen LogP contribution in [0.1, 0.15) is 6.92 Å². The fraction of sp³-hybridized carbons (Fsp3) is 0.600. The zero-order valence-corrected chi connectivity index (χ0v) is 6.57. The first kappa shape index (κ1) is 8.36. The van der Waals surface area contributed by atoms with Crippen LogP contribution in [0.25, 0.3) is 0 Å². The van der Waals surface area contributed by atoms with Crippen LogP contribution in [0.3, 0.4) is 0 Å². The maximum atomic E-state index is 8.23. The van der Waals surface area contributed by atoms with Gasteiger partial charge in [0.25, 0.3) is 0 Å². The SMILES string of the molecule is C/C(=N/O)C(=S)N(C)C. The molecule has 0 amide bonds. The lowest BCUT2D eigenvalue weighted by atomic mass is 10.4. The van der Waals surface area contributed by atoms with E-state index in [-0.39, 0.29) is 0 Å². The molecule has 0 saturated carbocycles. The van der Waals surface area contributed by atoms with Gasteiger partial charge in [0.2, 0.25) is 0 Å². The van der Waals surface area contributed by atoms with Gasteiger partial charge in [0.05, 0.1) is 0 Å². The summed E-state index contributed by atoms with van der Waals surface area (Å²) < 4.78 is 0. The third kappa shape index (κ3) is 2.41. The van der Waals surface area contributed by atoms with Gasteiger partial charge in [-0.2, -0.15) is 0 Å². The van der Waals surface area contributed by atoms with E-state index in [9.17, 15) is 0 Å². The van der Waals surface area contributed by atoms with E-state index in [1.165, 1.54) is 0 Å².